The highest BCUT2D eigenvalue weighted by Crippen LogP contribution is 2.57. The first kappa shape index (κ1) is 29.0. The van der Waals surface area contributed by atoms with E-state index < -0.39 is 76.2 Å². The van der Waals surface area contributed by atoms with E-state index in [9.17, 15) is 34.2 Å². The Morgan fingerprint density at radius 1 is 1.10 bits per heavy atom. The van der Waals surface area contributed by atoms with Gasteiger partial charge in [0.25, 0.3) is 0 Å². The number of nitrogens with one attached hydrogen (secondary N) is 1. The molecule has 39 heavy (non-hydrogen) atoms. The average Bonchev–Trinajstić information content (AvgIpc) is 2.81. The minimum Gasteiger partial charge on any atom is -0.507 e. The first-order valence-corrected chi connectivity index (χ1v) is 13.4. The van der Waals surface area contributed by atoms with Crippen LogP contribution in [0.3, 0.4) is 0 Å². The van der Waals surface area contributed by atoms with E-state index in [0.29, 0.717) is 24.2 Å². The molecule has 0 heterocycles. The predicted molar refractivity (Wildman–Crippen MR) is 142 cm³/mol. The molecule has 4 rings (SSSR count). The van der Waals surface area contributed by atoms with Gasteiger partial charge in [0.2, 0.25) is 5.91 Å². The molecule has 0 saturated heterocycles. The smallest absolute Gasteiger partial charge is 0.235 e. The van der Waals surface area contributed by atoms with Crippen molar-refractivity contribution in [3.8, 4) is 5.75 Å². The van der Waals surface area contributed by atoms with Crippen LogP contribution in [0, 0.1) is 35.0 Å². The standard InChI is InChI=1S/C29H39N3O7/c1-12-15-9-8-14(10-31-11-28(3,4)5)22(33)17(15)23(34)18-16(12)13(2)20-21(32(6)7)24(35)19(27(30)38)26(37)29(20,39)25(18)36/h8-9,12-13,16,18-21,31,33,39H,10-11H2,1-7H3,(H2,30,38)/t12-,13-,16-,18?,19?,20-,21-,29-/m0/s1. The number of carbonyl (C=O) groups is 5. The van der Waals surface area contributed by atoms with Crippen LogP contribution in [0.15, 0.2) is 12.1 Å². The summed E-state index contributed by atoms with van der Waals surface area (Å²) < 4.78 is 0. The van der Waals surface area contributed by atoms with Crippen molar-refractivity contribution < 1.29 is 34.2 Å². The maximum Gasteiger partial charge on any atom is 0.235 e. The summed E-state index contributed by atoms with van der Waals surface area (Å²) in [6, 6.07) is 2.40. The van der Waals surface area contributed by atoms with Crippen molar-refractivity contribution in [2.45, 2.75) is 58.7 Å². The molecular formula is C29H39N3O7. The zero-order chi connectivity index (χ0) is 29.4. The van der Waals surface area contributed by atoms with Gasteiger partial charge in [-0.05, 0) is 42.8 Å². The van der Waals surface area contributed by atoms with Crippen molar-refractivity contribution in [1.82, 2.24) is 10.2 Å². The number of phenols is 1. The van der Waals surface area contributed by atoms with E-state index in [1.54, 1.807) is 33.2 Å². The molecule has 3 aliphatic carbocycles. The highest BCUT2D eigenvalue weighted by molar-refractivity contribution is 6.32. The zero-order valence-corrected chi connectivity index (χ0v) is 23.6. The molecular weight excluding hydrogens is 502 g/mol. The number of hydrogen-bond donors (Lipinski definition) is 4. The number of phenolic OH excluding ortho intramolecular Hbond substituents is 1. The lowest BCUT2D eigenvalue weighted by Crippen LogP contribution is -2.76. The molecule has 5 N–H and O–H groups in total. The van der Waals surface area contributed by atoms with Gasteiger partial charge in [0.1, 0.15) is 5.75 Å². The van der Waals surface area contributed by atoms with E-state index in [1.807, 2.05) is 6.92 Å². The summed E-state index contributed by atoms with van der Waals surface area (Å²) in [5.74, 6) is -11.5. The van der Waals surface area contributed by atoms with Gasteiger partial charge in [-0.25, -0.2) is 0 Å². The maximum atomic E-state index is 14.1. The van der Waals surface area contributed by atoms with Crippen molar-refractivity contribution in [2.24, 2.45) is 40.7 Å². The minimum absolute atomic E-state index is 0.000866. The number of benzene rings is 1. The third kappa shape index (κ3) is 4.24. The van der Waals surface area contributed by atoms with E-state index >= 15 is 0 Å². The van der Waals surface area contributed by atoms with E-state index in [4.69, 9.17) is 5.73 Å². The van der Waals surface area contributed by atoms with Crippen LogP contribution in [-0.2, 0) is 25.7 Å². The Morgan fingerprint density at radius 2 is 1.72 bits per heavy atom. The Labute approximate surface area is 228 Å². The number of primary amides is 1. The fourth-order valence-electron chi connectivity index (χ4n) is 7.25. The minimum atomic E-state index is -2.75. The van der Waals surface area contributed by atoms with Crippen molar-refractivity contribution >= 4 is 29.0 Å². The Hall–Kier alpha value is -2.95. The molecule has 0 radical (unpaired) electrons. The summed E-state index contributed by atoms with van der Waals surface area (Å²) in [7, 11) is 3.14. The van der Waals surface area contributed by atoms with Crippen LogP contribution in [0.25, 0.3) is 0 Å². The molecule has 2 fully saturated rings. The summed E-state index contributed by atoms with van der Waals surface area (Å²) in [6.45, 7) is 10.7. The second kappa shape index (κ2) is 9.60. The number of amides is 1. The molecule has 1 aromatic carbocycles. The van der Waals surface area contributed by atoms with Gasteiger partial charge in [-0.2, -0.15) is 0 Å². The van der Waals surface area contributed by atoms with Crippen molar-refractivity contribution in [3.05, 3.63) is 28.8 Å². The lowest BCUT2D eigenvalue weighted by molar-refractivity contribution is -0.188. The molecule has 212 valence electrons. The van der Waals surface area contributed by atoms with Crippen LogP contribution in [0.4, 0.5) is 0 Å². The Morgan fingerprint density at radius 3 is 2.26 bits per heavy atom. The quantitative estimate of drug-likeness (QED) is 0.394. The SMILES string of the molecule is C[C@H]1[C@H]2C(C(=O)c3c(ccc(CNCC(C)(C)C)c3O)[C@@H]2C)C(=O)[C@]2(O)C(=O)C(C(N)=O)C(=O)[C@@H](N(C)C)[C@H]12. The largest absolute Gasteiger partial charge is 0.507 e. The van der Waals surface area contributed by atoms with Crippen LogP contribution in [-0.4, -0.2) is 76.4 Å². The van der Waals surface area contributed by atoms with Gasteiger partial charge in [-0.3, -0.25) is 28.9 Å². The van der Waals surface area contributed by atoms with Crippen LogP contribution in [0.2, 0.25) is 0 Å². The second-order valence-corrected chi connectivity index (χ2v) is 12.9. The number of nitrogens with two attached hydrogens (primary N) is 1. The van der Waals surface area contributed by atoms with Crippen molar-refractivity contribution in [2.75, 3.05) is 20.6 Å². The highest BCUT2D eigenvalue weighted by atomic mass is 16.3. The van der Waals surface area contributed by atoms with E-state index in [0.717, 1.165) is 0 Å². The molecule has 2 saturated carbocycles. The number of fused-ring (bicyclic) bond motifs is 3. The summed E-state index contributed by atoms with van der Waals surface area (Å²) in [4.78, 5) is 68.6. The van der Waals surface area contributed by atoms with E-state index in [1.165, 1.54) is 4.90 Å². The monoisotopic (exact) mass is 541 g/mol. The molecule has 10 heteroatoms. The number of rotatable bonds is 5. The molecule has 0 bridgehead atoms. The molecule has 1 amide bonds. The number of hydrogen-bond acceptors (Lipinski definition) is 9. The normalized spacial score (nSPS) is 34.5. The topological polar surface area (TPSA) is 167 Å². The highest BCUT2D eigenvalue weighted by Gasteiger charge is 2.72. The number of Topliss-reactive ketones (excluding diaryl/α,β-unsaturated/α-hetero) is 4. The third-order valence-electron chi connectivity index (χ3n) is 8.96. The second-order valence-electron chi connectivity index (χ2n) is 12.9. The number of aliphatic hydroxyl groups is 1. The lowest BCUT2D eigenvalue weighted by atomic mass is 9.47. The van der Waals surface area contributed by atoms with Crippen LogP contribution < -0.4 is 11.1 Å². The molecule has 0 aliphatic heterocycles. The Balaban J connectivity index is 1.83. The van der Waals surface area contributed by atoms with E-state index in [-0.39, 0.29) is 16.7 Å². The molecule has 10 nitrogen and oxygen atoms in total. The van der Waals surface area contributed by atoms with Gasteiger partial charge in [0.15, 0.2) is 34.7 Å². The summed E-state index contributed by atoms with van der Waals surface area (Å²) in [5, 5.41) is 26.3. The molecule has 3 aliphatic rings. The Kier molecular flexibility index (Phi) is 7.15. The van der Waals surface area contributed by atoms with Crippen LogP contribution in [0.1, 0.15) is 62.0 Å². The number of likely N-dealkylation sites (N-methyl/N-ethyl adjacent to an activating group) is 1. The molecule has 0 spiro atoms. The van der Waals surface area contributed by atoms with Gasteiger partial charge < -0.3 is 21.3 Å². The fraction of sp³-hybridized carbons (Fsp3) is 0.621. The molecule has 8 atom stereocenters. The first-order valence-electron chi connectivity index (χ1n) is 13.4. The maximum absolute atomic E-state index is 14.1. The summed E-state index contributed by atoms with van der Waals surface area (Å²) in [5.41, 5.74) is 3.72. The number of carbonyl (C=O) groups excluding carboxylic acids is 5. The number of ketones is 4. The summed E-state index contributed by atoms with van der Waals surface area (Å²) in [6.07, 6.45) is 0. The third-order valence-corrected chi connectivity index (χ3v) is 8.96. The zero-order valence-electron chi connectivity index (χ0n) is 23.6. The van der Waals surface area contributed by atoms with E-state index in [2.05, 4.69) is 26.1 Å². The lowest BCUT2D eigenvalue weighted by Gasteiger charge is -2.57. The van der Waals surface area contributed by atoms with Gasteiger partial charge in [0.05, 0.1) is 17.5 Å². The average molecular weight is 542 g/mol. The molecule has 0 aromatic heterocycles. The fourth-order valence-corrected chi connectivity index (χ4v) is 7.25. The van der Waals surface area contributed by atoms with Gasteiger partial charge in [-0.15, -0.1) is 0 Å². The van der Waals surface area contributed by atoms with Gasteiger partial charge in [0, 0.05) is 24.6 Å². The molecule has 2 unspecified atom stereocenters. The summed E-state index contributed by atoms with van der Waals surface area (Å²) >= 11 is 0. The van der Waals surface area contributed by atoms with Gasteiger partial charge >= 0.3 is 0 Å². The first-order chi connectivity index (χ1) is 18.0. The van der Waals surface area contributed by atoms with Crippen LogP contribution >= 0.6 is 0 Å². The predicted octanol–water partition coefficient (Wildman–Crippen LogP) is 0.810. The number of aromatic hydroxyl groups is 1. The molecule has 1 aromatic rings. The van der Waals surface area contributed by atoms with Crippen LogP contribution in [0.5, 0.6) is 5.75 Å². The number of nitrogens with zero attached hydrogens (tertiary/aromatic N) is 1. The van der Waals surface area contributed by atoms with Crippen molar-refractivity contribution in [3.63, 3.8) is 0 Å². The van der Waals surface area contributed by atoms with Crippen molar-refractivity contribution in [1.29, 1.82) is 0 Å². The van der Waals surface area contributed by atoms with Gasteiger partial charge in [-0.1, -0.05) is 46.8 Å². The Bertz CT molecular complexity index is 1270.